The SMILES string of the molecule is O=C(O)CN(CC(=O)Nc1cccc2nsnc12)C1CC1. The molecule has 2 aromatic rings. The monoisotopic (exact) mass is 306 g/mol. The van der Waals surface area contributed by atoms with Crippen LogP contribution in [0.15, 0.2) is 18.2 Å². The van der Waals surface area contributed by atoms with Crippen molar-refractivity contribution in [3.8, 4) is 0 Å². The van der Waals surface area contributed by atoms with Gasteiger partial charge < -0.3 is 10.4 Å². The summed E-state index contributed by atoms with van der Waals surface area (Å²) in [5.41, 5.74) is 2.01. The summed E-state index contributed by atoms with van der Waals surface area (Å²) in [5.74, 6) is -1.15. The van der Waals surface area contributed by atoms with E-state index in [-0.39, 0.29) is 25.0 Å². The molecule has 0 unspecified atom stereocenters. The van der Waals surface area contributed by atoms with E-state index < -0.39 is 5.97 Å². The van der Waals surface area contributed by atoms with Crippen LogP contribution in [-0.2, 0) is 9.59 Å². The molecule has 110 valence electrons. The van der Waals surface area contributed by atoms with Gasteiger partial charge in [0.2, 0.25) is 5.91 Å². The number of hydrogen-bond acceptors (Lipinski definition) is 6. The fraction of sp³-hybridized carbons (Fsp3) is 0.385. The number of anilines is 1. The van der Waals surface area contributed by atoms with Crippen LogP contribution in [-0.4, -0.2) is 49.8 Å². The number of aromatic nitrogens is 2. The minimum absolute atomic E-state index is 0.0743. The number of hydrogen-bond donors (Lipinski definition) is 2. The van der Waals surface area contributed by atoms with E-state index in [1.807, 2.05) is 6.07 Å². The zero-order chi connectivity index (χ0) is 14.8. The number of nitrogens with one attached hydrogen (secondary N) is 1. The van der Waals surface area contributed by atoms with E-state index in [0.29, 0.717) is 11.2 Å². The summed E-state index contributed by atoms with van der Waals surface area (Å²) in [6.07, 6.45) is 1.90. The molecule has 0 saturated heterocycles. The molecule has 1 saturated carbocycles. The van der Waals surface area contributed by atoms with E-state index in [4.69, 9.17) is 5.11 Å². The maximum Gasteiger partial charge on any atom is 0.317 e. The fourth-order valence-electron chi connectivity index (χ4n) is 2.21. The van der Waals surface area contributed by atoms with Crippen molar-refractivity contribution in [1.82, 2.24) is 13.6 Å². The summed E-state index contributed by atoms with van der Waals surface area (Å²) in [7, 11) is 0. The van der Waals surface area contributed by atoms with Crippen molar-refractivity contribution in [3.63, 3.8) is 0 Å². The number of carbonyl (C=O) groups is 2. The van der Waals surface area contributed by atoms with E-state index in [9.17, 15) is 9.59 Å². The summed E-state index contributed by atoms with van der Waals surface area (Å²) in [5, 5.41) is 11.7. The van der Waals surface area contributed by atoms with Crippen LogP contribution in [0.3, 0.4) is 0 Å². The number of rotatable bonds is 6. The Bertz CT molecular complexity index is 683. The molecule has 1 aromatic heterocycles. The largest absolute Gasteiger partial charge is 0.480 e. The van der Waals surface area contributed by atoms with Crippen molar-refractivity contribution in [2.24, 2.45) is 0 Å². The summed E-state index contributed by atoms with van der Waals surface area (Å²) in [6.45, 7) is -0.0362. The van der Waals surface area contributed by atoms with Gasteiger partial charge in [0.05, 0.1) is 30.5 Å². The van der Waals surface area contributed by atoms with Gasteiger partial charge in [0, 0.05) is 6.04 Å². The van der Waals surface area contributed by atoms with Crippen LogP contribution in [0.25, 0.3) is 11.0 Å². The molecule has 8 heteroatoms. The van der Waals surface area contributed by atoms with Crippen molar-refractivity contribution >= 4 is 40.3 Å². The molecule has 0 radical (unpaired) electrons. The van der Waals surface area contributed by atoms with Crippen LogP contribution >= 0.6 is 11.7 Å². The highest BCUT2D eigenvalue weighted by molar-refractivity contribution is 7.00. The number of carbonyl (C=O) groups excluding carboxylic acids is 1. The second-order valence-electron chi connectivity index (χ2n) is 5.02. The van der Waals surface area contributed by atoms with Gasteiger partial charge in [0.1, 0.15) is 11.0 Å². The molecule has 0 bridgehead atoms. The van der Waals surface area contributed by atoms with E-state index >= 15 is 0 Å². The van der Waals surface area contributed by atoms with Crippen molar-refractivity contribution < 1.29 is 14.7 Å². The first kappa shape index (κ1) is 13.9. The Kier molecular flexibility index (Phi) is 3.80. The number of nitrogens with zero attached hydrogens (tertiary/aromatic N) is 3. The summed E-state index contributed by atoms with van der Waals surface area (Å²) in [6, 6.07) is 5.61. The van der Waals surface area contributed by atoms with E-state index in [1.165, 1.54) is 0 Å². The Morgan fingerprint density at radius 3 is 2.86 bits per heavy atom. The quantitative estimate of drug-likeness (QED) is 0.832. The van der Waals surface area contributed by atoms with Crippen molar-refractivity contribution in [3.05, 3.63) is 18.2 Å². The standard InChI is InChI=1S/C13H14N4O3S/c18-11(6-17(7-12(19)20)8-4-5-8)14-9-2-1-3-10-13(9)16-21-15-10/h1-3,8H,4-7H2,(H,14,18)(H,19,20). The molecule has 21 heavy (non-hydrogen) atoms. The molecular formula is C13H14N4O3S. The fourth-order valence-corrected chi connectivity index (χ4v) is 2.76. The third-order valence-corrected chi connectivity index (χ3v) is 3.85. The first-order valence-corrected chi connectivity index (χ1v) is 7.33. The molecule has 3 rings (SSSR count). The molecule has 1 aromatic carbocycles. The molecule has 0 atom stereocenters. The molecule has 7 nitrogen and oxygen atoms in total. The number of carboxylic acids is 1. The summed E-state index contributed by atoms with van der Waals surface area (Å²) < 4.78 is 8.27. The lowest BCUT2D eigenvalue weighted by Crippen LogP contribution is -2.38. The first-order chi connectivity index (χ1) is 10.1. The number of benzene rings is 1. The molecular weight excluding hydrogens is 292 g/mol. The Hall–Kier alpha value is -2.06. The maximum atomic E-state index is 12.1. The third-order valence-electron chi connectivity index (χ3n) is 3.31. The smallest absolute Gasteiger partial charge is 0.317 e. The normalized spacial score (nSPS) is 14.5. The van der Waals surface area contributed by atoms with E-state index in [0.717, 1.165) is 30.1 Å². The van der Waals surface area contributed by atoms with Crippen molar-refractivity contribution in [1.29, 1.82) is 0 Å². The van der Waals surface area contributed by atoms with Crippen LogP contribution in [0, 0.1) is 0 Å². The van der Waals surface area contributed by atoms with Gasteiger partial charge in [0.15, 0.2) is 0 Å². The highest BCUT2D eigenvalue weighted by Crippen LogP contribution is 2.26. The van der Waals surface area contributed by atoms with Gasteiger partial charge in [-0.05, 0) is 25.0 Å². The van der Waals surface area contributed by atoms with Crippen LogP contribution in [0.4, 0.5) is 5.69 Å². The second kappa shape index (κ2) is 5.74. The molecule has 0 spiro atoms. The number of aliphatic carboxylic acids is 1. The highest BCUT2D eigenvalue weighted by atomic mass is 32.1. The van der Waals surface area contributed by atoms with Crippen LogP contribution < -0.4 is 5.32 Å². The average Bonchev–Trinajstić information content (AvgIpc) is 3.15. The van der Waals surface area contributed by atoms with E-state index in [2.05, 4.69) is 14.1 Å². The summed E-state index contributed by atoms with van der Waals surface area (Å²) in [4.78, 5) is 24.6. The van der Waals surface area contributed by atoms with Crippen LogP contribution in [0.5, 0.6) is 0 Å². The Balaban J connectivity index is 1.68. The molecule has 0 aliphatic heterocycles. The van der Waals surface area contributed by atoms with E-state index in [1.54, 1.807) is 17.0 Å². The van der Waals surface area contributed by atoms with Gasteiger partial charge in [-0.25, -0.2) is 0 Å². The first-order valence-electron chi connectivity index (χ1n) is 6.60. The Morgan fingerprint density at radius 2 is 2.14 bits per heavy atom. The van der Waals surface area contributed by atoms with Crippen LogP contribution in [0.2, 0.25) is 0 Å². The number of fused-ring (bicyclic) bond motifs is 1. The lowest BCUT2D eigenvalue weighted by molar-refractivity contribution is -0.138. The minimum Gasteiger partial charge on any atom is -0.480 e. The highest BCUT2D eigenvalue weighted by Gasteiger charge is 2.31. The van der Waals surface area contributed by atoms with Gasteiger partial charge in [-0.3, -0.25) is 14.5 Å². The zero-order valence-corrected chi connectivity index (χ0v) is 12.0. The molecule has 1 heterocycles. The number of carboxylic acid groups (broad SMARTS) is 1. The molecule has 2 N–H and O–H groups in total. The predicted molar refractivity (Wildman–Crippen MR) is 78.3 cm³/mol. The Morgan fingerprint density at radius 1 is 1.33 bits per heavy atom. The summed E-state index contributed by atoms with van der Waals surface area (Å²) >= 11 is 1.09. The molecule has 1 aliphatic carbocycles. The number of amides is 1. The van der Waals surface area contributed by atoms with Crippen molar-refractivity contribution in [2.45, 2.75) is 18.9 Å². The predicted octanol–water partition coefficient (Wildman–Crippen LogP) is 1.18. The molecule has 1 amide bonds. The Labute approximate surface area is 124 Å². The minimum atomic E-state index is -0.916. The second-order valence-corrected chi connectivity index (χ2v) is 5.54. The van der Waals surface area contributed by atoms with Crippen LogP contribution in [0.1, 0.15) is 12.8 Å². The van der Waals surface area contributed by atoms with Gasteiger partial charge in [0.25, 0.3) is 0 Å². The molecule has 1 fully saturated rings. The lowest BCUT2D eigenvalue weighted by atomic mass is 10.2. The van der Waals surface area contributed by atoms with Gasteiger partial charge in [-0.2, -0.15) is 8.75 Å². The van der Waals surface area contributed by atoms with Gasteiger partial charge >= 0.3 is 5.97 Å². The topological polar surface area (TPSA) is 95.4 Å². The van der Waals surface area contributed by atoms with Gasteiger partial charge in [-0.15, -0.1) is 0 Å². The lowest BCUT2D eigenvalue weighted by Gasteiger charge is -2.18. The maximum absolute atomic E-state index is 12.1. The molecule has 1 aliphatic rings. The van der Waals surface area contributed by atoms with Crippen molar-refractivity contribution in [2.75, 3.05) is 18.4 Å². The third kappa shape index (κ3) is 3.34. The zero-order valence-electron chi connectivity index (χ0n) is 11.2. The van der Waals surface area contributed by atoms with Gasteiger partial charge in [-0.1, -0.05) is 6.07 Å². The average molecular weight is 306 g/mol.